The van der Waals surface area contributed by atoms with E-state index in [0.717, 1.165) is 32.4 Å². The second kappa shape index (κ2) is 6.50. The molecule has 1 saturated heterocycles. The predicted molar refractivity (Wildman–Crippen MR) is 75.2 cm³/mol. The van der Waals surface area contributed by atoms with E-state index in [1.165, 1.54) is 6.42 Å². The monoisotopic (exact) mass is 262 g/mol. The normalized spacial score (nSPS) is 19.3. The molecule has 2 rings (SSSR count). The van der Waals surface area contributed by atoms with Gasteiger partial charge in [-0.1, -0.05) is 6.92 Å². The lowest BCUT2D eigenvalue weighted by molar-refractivity contribution is 0.0601. The van der Waals surface area contributed by atoms with E-state index in [0.29, 0.717) is 17.6 Å². The second-order valence-electron chi connectivity index (χ2n) is 4.89. The number of carbonyl (C=O) groups excluding carboxylic acids is 1. The molecule has 1 amide bonds. The minimum absolute atomic E-state index is 0.0158. The molecular formula is C14H22N4O. The van der Waals surface area contributed by atoms with Crippen LogP contribution in [0.1, 0.15) is 50.0 Å². The van der Waals surface area contributed by atoms with Gasteiger partial charge in [-0.3, -0.25) is 4.79 Å². The van der Waals surface area contributed by atoms with Gasteiger partial charge >= 0.3 is 0 Å². The molecule has 1 unspecified atom stereocenters. The van der Waals surface area contributed by atoms with E-state index < -0.39 is 0 Å². The zero-order valence-electron chi connectivity index (χ0n) is 11.7. The zero-order chi connectivity index (χ0) is 13.7. The van der Waals surface area contributed by atoms with Crippen LogP contribution in [0.2, 0.25) is 0 Å². The SMILES string of the molecule is CCNc1ccc(C(=O)N2CCCCC2CC)nn1. The van der Waals surface area contributed by atoms with Crippen molar-refractivity contribution in [3.05, 3.63) is 17.8 Å². The average Bonchev–Trinajstić information content (AvgIpc) is 2.47. The van der Waals surface area contributed by atoms with Crippen LogP contribution in [0.15, 0.2) is 12.1 Å². The van der Waals surface area contributed by atoms with Crippen LogP contribution in [-0.4, -0.2) is 40.1 Å². The smallest absolute Gasteiger partial charge is 0.274 e. The van der Waals surface area contributed by atoms with E-state index in [2.05, 4.69) is 22.4 Å². The molecular weight excluding hydrogens is 240 g/mol. The number of likely N-dealkylation sites (tertiary alicyclic amines) is 1. The van der Waals surface area contributed by atoms with Crippen LogP contribution in [0.25, 0.3) is 0 Å². The van der Waals surface area contributed by atoms with Gasteiger partial charge < -0.3 is 10.2 Å². The topological polar surface area (TPSA) is 58.1 Å². The number of hydrogen-bond acceptors (Lipinski definition) is 4. The molecule has 0 aliphatic carbocycles. The molecule has 5 nitrogen and oxygen atoms in total. The zero-order valence-corrected chi connectivity index (χ0v) is 11.7. The summed E-state index contributed by atoms with van der Waals surface area (Å²) < 4.78 is 0. The van der Waals surface area contributed by atoms with E-state index >= 15 is 0 Å². The summed E-state index contributed by atoms with van der Waals surface area (Å²) in [6, 6.07) is 3.93. The fourth-order valence-electron chi connectivity index (χ4n) is 2.56. The second-order valence-corrected chi connectivity index (χ2v) is 4.89. The Morgan fingerprint density at radius 2 is 2.21 bits per heavy atom. The highest BCUT2D eigenvalue weighted by molar-refractivity contribution is 5.92. The van der Waals surface area contributed by atoms with Gasteiger partial charge in [0.25, 0.3) is 5.91 Å². The van der Waals surface area contributed by atoms with Gasteiger partial charge in [-0.15, -0.1) is 10.2 Å². The average molecular weight is 262 g/mol. The summed E-state index contributed by atoms with van der Waals surface area (Å²) >= 11 is 0. The molecule has 0 bridgehead atoms. The highest BCUT2D eigenvalue weighted by Crippen LogP contribution is 2.21. The van der Waals surface area contributed by atoms with Crippen molar-refractivity contribution in [3.63, 3.8) is 0 Å². The number of piperidine rings is 1. The third-order valence-corrected chi connectivity index (χ3v) is 3.60. The molecule has 5 heteroatoms. The van der Waals surface area contributed by atoms with Gasteiger partial charge in [-0.2, -0.15) is 0 Å². The van der Waals surface area contributed by atoms with Crippen LogP contribution in [0.4, 0.5) is 5.82 Å². The lowest BCUT2D eigenvalue weighted by atomic mass is 9.99. The van der Waals surface area contributed by atoms with Crippen LogP contribution in [0.5, 0.6) is 0 Å². The molecule has 1 aliphatic heterocycles. The van der Waals surface area contributed by atoms with Crippen molar-refractivity contribution in [2.75, 3.05) is 18.4 Å². The van der Waals surface area contributed by atoms with Crippen molar-refractivity contribution in [3.8, 4) is 0 Å². The number of nitrogens with zero attached hydrogens (tertiary/aromatic N) is 3. The van der Waals surface area contributed by atoms with E-state index in [4.69, 9.17) is 0 Å². The first-order chi connectivity index (χ1) is 9.26. The van der Waals surface area contributed by atoms with Crippen molar-refractivity contribution >= 4 is 11.7 Å². The third-order valence-electron chi connectivity index (χ3n) is 3.60. The summed E-state index contributed by atoms with van der Waals surface area (Å²) in [5.41, 5.74) is 0.446. The molecule has 0 saturated carbocycles. The van der Waals surface area contributed by atoms with Crippen molar-refractivity contribution < 1.29 is 4.79 Å². The Kier molecular flexibility index (Phi) is 4.71. The van der Waals surface area contributed by atoms with Crippen LogP contribution in [0.3, 0.4) is 0 Å². The maximum Gasteiger partial charge on any atom is 0.274 e. The van der Waals surface area contributed by atoms with Gasteiger partial charge in [0.2, 0.25) is 0 Å². The fraction of sp³-hybridized carbons (Fsp3) is 0.643. The molecule has 1 aromatic heterocycles. The number of carbonyl (C=O) groups is 1. The number of aromatic nitrogens is 2. The quantitative estimate of drug-likeness (QED) is 0.904. The number of anilines is 1. The summed E-state index contributed by atoms with van der Waals surface area (Å²) in [4.78, 5) is 14.4. The van der Waals surface area contributed by atoms with Crippen LogP contribution in [-0.2, 0) is 0 Å². The highest BCUT2D eigenvalue weighted by atomic mass is 16.2. The van der Waals surface area contributed by atoms with E-state index in [9.17, 15) is 4.79 Å². The molecule has 1 atom stereocenters. The molecule has 19 heavy (non-hydrogen) atoms. The summed E-state index contributed by atoms with van der Waals surface area (Å²) in [6.07, 6.45) is 4.41. The summed E-state index contributed by atoms with van der Waals surface area (Å²) in [6.45, 7) is 5.77. The standard InChI is InChI=1S/C14H22N4O/c1-3-11-7-5-6-10-18(11)14(19)12-8-9-13(15-4-2)17-16-12/h8-9,11H,3-7,10H2,1-2H3,(H,15,17). The number of rotatable bonds is 4. The summed E-state index contributed by atoms with van der Waals surface area (Å²) in [7, 11) is 0. The van der Waals surface area contributed by atoms with Gasteiger partial charge in [-0.25, -0.2) is 0 Å². The Morgan fingerprint density at radius 1 is 1.37 bits per heavy atom. The van der Waals surface area contributed by atoms with Gasteiger partial charge in [0.05, 0.1) is 0 Å². The lowest BCUT2D eigenvalue weighted by Crippen LogP contribution is -2.43. The maximum absolute atomic E-state index is 12.4. The van der Waals surface area contributed by atoms with Gasteiger partial charge in [0.15, 0.2) is 5.69 Å². The molecule has 1 aliphatic rings. The minimum atomic E-state index is 0.0158. The Hall–Kier alpha value is -1.65. The maximum atomic E-state index is 12.4. The minimum Gasteiger partial charge on any atom is -0.369 e. The van der Waals surface area contributed by atoms with E-state index in [1.807, 2.05) is 17.9 Å². The molecule has 0 aromatic carbocycles. The molecule has 0 spiro atoms. The van der Waals surface area contributed by atoms with Gasteiger partial charge in [0.1, 0.15) is 5.82 Å². The van der Waals surface area contributed by atoms with Crippen molar-refractivity contribution in [1.29, 1.82) is 0 Å². The molecule has 1 N–H and O–H groups in total. The Balaban J connectivity index is 2.09. The Bertz CT molecular complexity index is 418. The molecule has 1 fully saturated rings. The lowest BCUT2D eigenvalue weighted by Gasteiger charge is -2.34. The number of amides is 1. The molecule has 1 aromatic rings. The van der Waals surface area contributed by atoms with Crippen LogP contribution >= 0.6 is 0 Å². The van der Waals surface area contributed by atoms with Crippen molar-refractivity contribution in [2.24, 2.45) is 0 Å². The molecule has 0 radical (unpaired) electrons. The third kappa shape index (κ3) is 3.22. The first-order valence-electron chi connectivity index (χ1n) is 7.14. The molecule has 104 valence electrons. The predicted octanol–water partition coefficient (Wildman–Crippen LogP) is 2.31. The van der Waals surface area contributed by atoms with Crippen molar-refractivity contribution in [1.82, 2.24) is 15.1 Å². The summed E-state index contributed by atoms with van der Waals surface area (Å²) in [5.74, 6) is 0.729. The van der Waals surface area contributed by atoms with Gasteiger partial charge in [-0.05, 0) is 44.7 Å². The Morgan fingerprint density at radius 3 is 2.84 bits per heavy atom. The van der Waals surface area contributed by atoms with Crippen molar-refractivity contribution in [2.45, 2.75) is 45.6 Å². The first kappa shape index (κ1) is 13.8. The molecule has 2 heterocycles. The number of nitrogens with one attached hydrogen (secondary N) is 1. The highest BCUT2D eigenvalue weighted by Gasteiger charge is 2.27. The summed E-state index contributed by atoms with van der Waals surface area (Å²) in [5, 5.41) is 11.1. The largest absolute Gasteiger partial charge is 0.369 e. The van der Waals surface area contributed by atoms with E-state index in [1.54, 1.807) is 6.07 Å². The fourth-order valence-corrected chi connectivity index (χ4v) is 2.56. The van der Waals surface area contributed by atoms with E-state index in [-0.39, 0.29) is 5.91 Å². The van der Waals surface area contributed by atoms with Gasteiger partial charge in [0, 0.05) is 19.1 Å². The Labute approximate surface area is 114 Å². The number of hydrogen-bond donors (Lipinski definition) is 1. The van der Waals surface area contributed by atoms with Crippen LogP contribution < -0.4 is 5.32 Å². The van der Waals surface area contributed by atoms with Crippen LogP contribution in [0, 0.1) is 0 Å². The first-order valence-corrected chi connectivity index (χ1v) is 7.14.